The third-order valence-corrected chi connectivity index (χ3v) is 7.93. The number of rotatable bonds is 4. The second-order valence-corrected chi connectivity index (χ2v) is 10.7. The SMILES string of the molecule is CC1(C)c2ccccc2-c2ccc(-c3cc(-c4ccc(-c5ccccc5)cc4)nc(-c4ccccc4)n3)cc21. The highest BCUT2D eigenvalue weighted by atomic mass is 14.9. The van der Waals surface area contributed by atoms with Crippen molar-refractivity contribution in [2.24, 2.45) is 0 Å². The van der Waals surface area contributed by atoms with Crippen LogP contribution in [-0.2, 0) is 5.41 Å². The van der Waals surface area contributed by atoms with E-state index >= 15 is 0 Å². The van der Waals surface area contributed by atoms with Gasteiger partial charge in [0.1, 0.15) is 0 Å². The van der Waals surface area contributed by atoms with Gasteiger partial charge in [-0.05, 0) is 45.5 Å². The summed E-state index contributed by atoms with van der Waals surface area (Å²) in [6.45, 7) is 4.63. The molecule has 0 saturated heterocycles. The molecule has 2 heteroatoms. The van der Waals surface area contributed by atoms with E-state index < -0.39 is 0 Å². The van der Waals surface area contributed by atoms with E-state index in [1.54, 1.807) is 0 Å². The number of nitrogens with zero attached hydrogens (tertiary/aromatic N) is 2. The predicted octanol–water partition coefficient (Wildman–Crippen LogP) is 9.45. The van der Waals surface area contributed by atoms with E-state index in [-0.39, 0.29) is 5.41 Å². The van der Waals surface area contributed by atoms with Gasteiger partial charge in [-0.2, -0.15) is 0 Å². The normalized spacial score (nSPS) is 13.1. The van der Waals surface area contributed by atoms with Crippen LogP contribution in [0, 0.1) is 0 Å². The fourth-order valence-corrected chi connectivity index (χ4v) is 5.79. The van der Waals surface area contributed by atoms with Crippen molar-refractivity contribution in [1.29, 1.82) is 0 Å². The molecule has 0 unspecified atom stereocenters. The average molecular weight is 501 g/mol. The van der Waals surface area contributed by atoms with Gasteiger partial charge in [-0.25, -0.2) is 9.97 Å². The summed E-state index contributed by atoms with van der Waals surface area (Å²) in [6.07, 6.45) is 0. The fraction of sp³-hybridized carbons (Fsp3) is 0.0811. The Hall–Kier alpha value is -4.82. The molecule has 186 valence electrons. The van der Waals surface area contributed by atoms with E-state index in [4.69, 9.17) is 9.97 Å². The van der Waals surface area contributed by atoms with Crippen molar-refractivity contribution in [3.63, 3.8) is 0 Å². The van der Waals surface area contributed by atoms with E-state index in [0.29, 0.717) is 0 Å². The van der Waals surface area contributed by atoms with Crippen LogP contribution < -0.4 is 0 Å². The van der Waals surface area contributed by atoms with Gasteiger partial charge in [0.05, 0.1) is 11.4 Å². The zero-order chi connectivity index (χ0) is 26.4. The van der Waals surface area contributed by atoms with E-state index in [0.717, 1.165) is 33.9 Å². The topological polar surface area (TPSA) is 25.8 Å². The monoisotopic (exact) mass is 500 g/mol. The number of hydrogen-bond acceptors (Lipinski definition) is 2. The lowest BCUT2D eigenvalue weighted by Gasteiger charge is -2.22. The zero-order valence-corrected chi connectivity index (χ0v) is 22.1. The molecular weight excluding hydrogens is 472 g/mol. The molecule has 2 nitrogen and oxygen atoms in total. The van der Waals surface area contributed by atoms with Crippen LogP contribution in [-0.4, -0.2) is 9.97 Å². The first-order valence-corrected chi connectivity index (χ1v) is 13.4. The predicted molar refractivity (Wildman–Crippen MR) is 161 cm³/mol. The maximum atomic E-state index is 5.08. The number of hydrogen-bond donors (Lipinski definition) is 0. The van der Waals surface area contributed by atoms with Crippen LogP contribution in [0.2, 0.25) is 0 Å². The van der Waals surface area contributed by atoms with Crippen molar-refractivity contribution >= 4 is 0 Å². The van der Waals surface area contributed by atoms with Gasteiger partial charge in [-0.3, -0.25) is 0 Å². The number of benzene rings is 5. The lowest BCUT2D eigenvalue weighted by Crippen LogP contribution is -2.14. The maximum Gasteiger partial charge on any atom is 0.160 e. The standard InChI is InChI=1S/C37H28N2/c1-37(2)32-16-10-9-15-30(32)31-22-21-29(23-33(31)37)35-24-34(38-36(39-35)28-13-7-4-8-14-28)27-19-17-26(18-20-27)25-11-5-3-6-12-25/h3-24H,1-2H3. The van der Waals surface area contributed by atoms with Crippen molar-refractivity contribution in [3.8, 4) is 56.2 Å². The van der Waals surface area contributed by atoms with Crippen LogP contribution in [0.25, 0.3) is 56.2 Å². The highest BCUT2D eigenvalue weighted by Crippen LogP contribution is 2.49. The Morgan fingerprint density at radius 3 is 1.64 bits per heavy atom. The molecule has 0 fully saturated rings. The molecule has 5 aromatic carbocycles. The highest BCUT2D eigenvalue weighted by Gasteiger charge is 2.35. The molecule has 7 rings (SSSR count). The quantitative estimate of drug-likeness (QED) is 0.241. The van der Waals surface area contributed by atoms with Crippen molar-refractivity contribution in [2.75, 3.05) is 0 Å². The molecule has 1 aromatic heterocycles. The summed E-state index contributed by atoms with van der Waals surface area (Å²) in [5.74, 6) is 0.735. The molecule has 0 atom stereocenters. The molecule has 1 aliphatic carbocycles. The Balaban J connectivity index is 1.35. The molecule has 0 N–H and O–H groups in total. The summed E-state index contributed by atoms with van der Waals surface area (Å²) in [4.78, 5) is 10.1. The van der Waals surface area contributed by atoms with Gasteiger partial charge in [-0.1, -0.05) is 135 Å². The van der Waals surface area contributed by atoms with Gasteiger partial charge in [0, 0.05) is 22.1 Å². The van der Waals surface area contributed by atoms with Crippen molar-refractivity contribution in [1.82, 2.24) is 9.97 Å². The summed E-state index contributed by atoms with van der Waals surface area (Å²) in [5, 5.41) is 0. The molecule has 0 aliphatic heterocycles. The molecule has 39 heavy (non-hydrogen) atoms. The van der Waals surface area contributed by atoms with Crippen molar-refractivity contribution in [3.05, 3.63) is 145 Å². The van der Waals surface area contributed by atoms with Crippen LogP contribution in [0.15, 0.2) is 133 Å². The maximum absolute atomic E-state index is 5.08. The van der Waals surface area contributed by atoms with E-state index in [2.05, 4.69) is 123 Å². The van der Waals surface area contributed by atoms with Crippen molar-refractivity contribution in [2.45, 2.75) is 19.3 Å². The molecule has 0 amide bonds. The first-order chi connectivity index (χ1) is 19.1. The first-order valence-electron chi connectivity index (χ1n) is 13.4. The van der Waals surface area contributed by atoms with Crippen molar-refractivity contribution < 1.29 is 0 Å². The molecule has 0 saturated carbocycles. The minimum atomic E-state index is -0.0622. The smallest absolute Gasteiger partial charge is 0.160 e. The zero-order valence-electron chi connectivity index (χ0n) is 22.1. The second-order valence-electron chi connectivity index (χ2n) is 10.7. The Morgan fingerprint density at radius 2 is 0.923 bits per heavy atom. The molecular formula is C37H28N2. The van der Waals surface area contributed by atoms with Crippen LogP contribution in [0.5, 0.6) is 0 Å². The van der Waals surface area contributed by atoms with Gasteiger partial charge in [0.2, 0.25) is 0 Å². The molecule has 0 spiro atoms. The molecule has 1 aliphatic rings. The highest BCUT2D eigenvalue weighted by molar-refractivity contribution is 5.84. The lowest BCUT2D eigenvalue weighted by molar-refractivity contribution is 0.660. The summed E-state index contributed by atoms with van der Waals surface area (Å²) in [5.41, 5.74) is 12.7. The van der Waals surface area contributed by atoms with E-state index in [9.17, 15) is 0 Å². The Morgan fingerprint density at radius 1 is 0.410 bits per heavy atom. The summed E-state index contributed by atoms with van der Waals surface area (Å²) in [7, 11) is 0. The molecule has 6 aromatic rings. The second kappa shape index (κ2) is 9.18. The Bertz CT molecular complexity index is 1800. The lowest BCUT2D eigenvalue weighted by atomic mass is 9.82. The number of fused-ring (bicyclic) bond motifs is 3. The number of aromatic nitrogens is 2. The van der Waals surface area contributed by atoms with Gasteiger partial charge in [0.25, 0.3) is 0 Å². The molecule has 0 bridgehead atoms. The van der Waals surface area contributed by atoms with Gasteiger partial charge in [-0.15, -0.1) is 0 Å². The van der Waals surface area contributed by atoms with Gasteiger partial charge in [0.15, 0.2) is 5.82 Å². The van der Waals surface area contributed by atoms with Crippen LogP contribution in [0.4, 0.5) is 0 Å². The third kappa shape index (κ3) is 4.06. The Kier molecular flexibility index (Phi) is 5.49. The van der Waals surface area contributed by atoms with Gasteiger partial charge < -0.3 is 0 Å². The summed E-state index contributed by atoms with van der Waals surface area (Å²) in [6, 6.07) is 47.0. The van der Waals surface area contributed by atoms with Crippen LogP contribution in [0.3, 0.4) is 0 Å². The average Bonchev–Trinajstić information content (AvgIpc) is 3.24. The fourth-order valence-electron chi connectivity index (χ4n) is 5.79. The minimum Gasteiger partial charge on any atom is -0.228 e. The van der Waals surface area contributed by atoms with E-state index in [1.807, 2.05) is 24.3 Å². The first kappa shape index (κ1) is 23.3. The molecule has 0 radical (unpaired) electrons. The van der Waals surface area contributed by atoms with Crippen LogP contribution in [0.1, 0.15) is 25.0 Å². The van der Waals surface area contributed by atoms with E-state index in [1.165, 1.54) is 33.4 Å². The van der Waals surface area contributed by atoms with Gasteiger partial charge >= 0.3 is 0 Å². The third-order valence-electron chi connectivity index (χ3n) is 7.93. The molecule has 1 heterocycles. The Labute approximate surface area is 229 Å². The largest absolute Gasteiger partial charge is 0.228 e. The summed E-state index contributed by atoms with van der Waals surface area (Å²) < 4.78 is 0. The van der Waals surface area contributed by atoms with Crippen LogP contribution >= 0.6 is 0 Å². The minimum absolute atomic E-state index is 0.0622. The summed E-state index contributed by atoms with van der Waals surface area (Å²) >= 11 is 0.